The summed E-state index contributed by atoms with van der Waals surface area (Å²) < 4.78 is 14.9. The van der Waals surface area contributed by atoms with E-state index in [0.29, 0.717) is 30.0 Å². The van der Waals surface area contributed by atoms with Crippen LogP contribution in [0.1, 0.15) is 49.3 Å². The maximum absolute atomic E-state index is 13.2. The summed E-state index contributed by atoms with van der Waals surface area (Å²) in [6.45, 7) is 9.94. The van der Waals surface area contributed by atoms with E-state index in [4.69, 9.17) is 0 Å². The van der Waals surface area contributed by atoms with E-state index >= 15 is 0 Å². The number of hydrogen-bond donors (Lipinski definition) is 0. The maximum Gasteiger partial charge on any atom is 0.254 e. The summed E-state index contributed by atoms with van der Waals surface area (Å²) in [6.07, 6.45) is 3.15. The first-order valence-electron chi connectivity index (χ1n) is 9.43. The highest BCUT2D eigenvalue weighted by Gasteiger charge is 2.41. The number of aromatic nitrogens is 3. The van der Waals surface area contributed by atoms with Crippen LogP contribution in [0, 0.1) is 11.7 Å². The van der Waals surface area contributed by atoms with Gasteiger partial charge in [0.2, 0.25) is 0 Å². The molecule has 1 saturated heterocycles. The zero-order chi connectivity index (χ0) is 20.4. The number of halogens is 1. The third kappa shape index (κ3) is 4.18. The second kappa shape index (κ2) is 8.04. The van der Waals surface area contributed by atoms with Crippen LogP contribution in [0.25, 0.3) is 0 Å². The molecule has 3 rings (SSSR count). The smallest absolute Gasteiger partial charge is 0.254 e. The van der Waals surface area contributed by atoms with E-state index in [1.807, 2.05) is 6.20 Å². The summed E-state index contributed by atoms with van der Waals surface area (Å²) >= 11 is 0. The van der Waals surface area contributed by atoms with Gasteiger partial charge in [-0.3, -0.25) is 9.59 Å². The van der Waals surface area contributed by atoms with Crippen LogP contribution in [0.5, 0.6) is 0 Å². The van der Waals surface area contributed by atoms with Gasteiger partial charge in [0, 0.05) is 18.3 Å². The highest BCUT2D eigenvalue weighted by molar-refractivity contribution is 6.03. The Morgan fingerprint density at radius 2 is 1.96 bits per heavy atom. The molecule has 2 atom stereocenters. The number of Topliss-reactive ketones (excluding diaryl/α,β-unsaturated/α-hetero) is 1. The van der Waals surface area contributed by atoms with E-state index in [-0.39, 0.29) is 17.7 Å². The quantitative estimate of drug-likeness (QED) is 0.717. The number of likely N-dealkylation sites (tertiary alicyclic amines) is 1. The van der Waals surface area contributed by atoms with E-state index < -0.39 is 11.9 Å². The van der Waals surface area contributed by atoms with E-state index in [1.54, 1.807) is 16.5 Å². The van der Waals surface area contributed by atoms with Gasteiger partial charge >= 0.3 is 0 Å². The first kappa shape index (κ1) is 19.9. The molecular weight excluding hydrogens is 359 g/mol. The van der Waals surface area contributed by atoms with Crippen molar-refractivity contribution in [2.75, 3.05) is 6.54 Å². The van der Waals surface area contributed by atoms with Crippen LogP contribution in [0.15, 0.2) is 42.6 Å². The topological polar surface area (TPSA) is 68.1 Å². The number of rotatable bonds is 6. The Morgan fingerprint density at radius 1 is 1.29 bits per heavy atom. The van der Waals surface area contributed by atoms with Gasteiger partial charge in [0.25, 0.3) is 5.91 Å². The molecule has 0 saturated carbocycles. The number of ketones is 1. The van der Waals surface area contributed by atoms with Crippen molar-refractivity contribution in [2.24, 2.45) is 5.92 Å². The molecule has 6 nitrogen and oxygen atoms in total. The molecule has 0 N–H and O–H groups in total. The van der Waals surface area contributed by atoms with Gasteiger partial charge in [-0.05, 0) is 55.5 Å². The molecule has 2 heterocycles. The summed E-state index contributed by atoms with van der Waals surface area (Å²) in [4.78, 5) is 27.2. The lowest BCUT2D eigenvalue weighted by Gasteiger charge is -2.23. The average molecular weight is 384 g/mol. The van der Waals surface area contributed by atoms with Crippen LogP contribution in [-0.2, 0) is 11.2 Å². The highest BCUT2D eigenvalue weighted by Crippen LogP contribution is 2.30. The second-order valence-corrected chi connectivity index (χ2v) is 7.80. The molecule has 28 heavy (non-hydrogen) atoms. The van der Waals surface area contributed by atoms with Gasteiger partial charge in [-0.1, -0.05) is 25.6 Å². The molecule has 1 aliphatic rings. The fourth-order valence-electron chi connectivity index (χ4n) is 3.52. The molecule has 7 heteroatoms. The molecule has 2 aromatic rings. The van der Waals surface area contributed by atoms with E-state index in [2.05, 4.69) is 30.7 Å². The number of carbonyl (C=O) groups is 2. The molecule has 0 spiro atoms. The lowest BCUT2D eigenvalue weighted by Crippen LogP contribution is -2.40. The normalized spacial score (nSPS) is 19.2. The van der Waals surface area contributed by atoms with Crippen molar-refractivity contribution < 1.29 is 14.0 Å². The summed E-state index contributed by atoms with van der Waals surface area (Å²) in [7, 11) is 0. The lowest BCUT2D eigenvalue weighted by atomic mass is 10.0. The van der Waals surface area contributed by atoms with Crippen LogP contribution in [0.4, 0.5) is 4.39 Å². The van der Waals surface area contributed by atoms with Crippen LogP contribution in [0.2, 0.25) is 0 Å². The fourth-order valence-corrected chi connectivity index (χ4v) is 3.52. The molecule has 0 aliphatic carbocycles. The Balaban J connectivity index is 1.85. The van der Waals surface area contributed by atoms with E-state index in [0.717, 1.165) is 12.1 Å². The van der Waals surface area contributed by atoms with Crippen LogP contribution < -0.4 is 0 Å². The number of benzene rings is 1. The standard InChI is InChI=1S/C21H25FN4O2/c1-13(2)9-17-11-26(24-23-17)18-10-19(20(27)14(3)4)25(12-18)21(28)15-5-7-16(22)8-6-15/h5-8,11,13,18-19H,3,9-10,12H2,1-2,4H3/t18-,19-/m0/s1. The average Bonchev–Trinajstić information content (AvgIpc) is 3.27. The zero-order valence-corrected chi connectivity index (χ0v) is 16.4. The first-order valence-corrected chi connectivity index (χ1v) is 9.43. The minimum absolute atomic E-state index is 0.147. The summed E-state index contributed by atoms with van der Waals surface area (Å²) in [5.41, 5.74) is 1.64. The predicted octanol–water partition coefficient (Wildman–Crippen LogP) is 3.22. The second-order valence-electron chi connectivity index (χ2n) is 7.80. The van der Waals surface area contributed by atoms with Gasteiger partial charge in [-0.15, -0.1) is 5.10 Å². The van der Waals surface area contributed by atoms with Crippen molar-refractivity contribution in [2.45, 2.75) is 45.7 Å². The van der Waals surface area contributed by atoms with Crippen molar-refractivity contribution in [3.63, 3.8) is 0 Å². The molecule has 0 bridgehead atoms. The Labute approximate surface area is 164 Å². The van der Waals surface area contributed by atoms with Crippen LogP contribution in [0.3, 0.4) is 0 Å². The van der Waals surface area contributed by atoms with Crippen LogP contribution >= 0.6 is 0 Å². The highest BCUT2D eigenvalue weighted by atomic mass is 19.1. The number of hydrogen-bond acceptors (Lipinski definition) is 4. The zero-order valence-electron chi connectivity index (χ0n) is 16.4. The van der Waals surface area contributed by atoms with Gasteiger partial charge in [-0.25, -0.2) is 9.07 Å². The Morgan fingerprint density at radius 3 is 2.57 bits per heavy atom. The van der Waals surface area contributed by atoms with Gasteiger partial charge in [0.05, 0.1) is 17.8 Å². The minimum Gasteiger partial charge on any atom is -0.326 e. The van der Waals surface area contributed by atoms with Gasteiger partial charge in [0.15, 0.2) is 5.78 Å². The first-order chi connectivity index (χ1) is 13.3. The molecule has 1 fully saturated rings. The van der Waals surface area contributed by atoms with Crippen molar-refractivity contribution in [1.82, 2.24) is 19.9 Å². The fraction of sp³-hybridized carbons (Fsp3) is 0.429. The monoisotopic (exact) mass is 384 g/mol. The maximum atomic E-state index is 13.2. The van der Waals surface area contributed by atoms with Crippen molar-refractivity contribution in [1.29, 1.82) is 0 Å². The van der Waals surface area contributed by atoms with Gasteiger partial charge in [-0.2, -0.15) is 0 Å². The third-order valence-electron chi connectivity index (χ3n) is 4.90. The number of amides is 1. The molecule has 1 amide bonds. The van der Waals surface area contributed by atoms with E-state index in [1.165, 1.54) is 24.3 Å². The van der Waals surface area contributed by atoms with Crippen molar-refractivity contribution in [3.05, 3.63) is 59.7 Å². The molecule has 0 radical (unpaired) electrons. The lowest BCUT2D eigenvalue weighted by molar-refractivity contribution is -0.119. The Kier molecular flexibility index (Phi) is 5.72. The predicted molar refractivity (Wildman–Crippen MR) is 103 cm³/mol. The van der Waals surface area contributed by atoms with Crippen molar-refractivity contribution >= 4 is 11.7 Å². The molecule has 0 unspecified atom stereocenters. The molecular formula is C21H25FN4O2. The summed E-state index contributed by atoms with van der Waals surface area (Å²) in [6, 6.07) is 4.59. The number of carbonyl (C=O) groups excluding carboxylic acids is 2. The van der Waals surface area contributed by atoms with E-state index in [9.17, 15) is 14.0 Å². The van der Waals surface area contributed by atoms with Gasteiger partial charge < -0.3 is 4.90 Å². The Hall–Kier alpha value is -2.83. The van der Waals surface area contributed by atoms with Crippen LogP contribution in [-0.4, -0.2) is 44.2 Å². The van der Waals surface area contributed by atoms with Gasteiger partial charge in [0.1, 0.15) is 5.82 Å². The SMILES string of the molecule is C=C(C)C(=O)[C@@H]1C[C@H](n2cc(CC(C)C)nn2)CN1C(=O)c1ccc(F)cc1. The number of nitrogens with zero attached hydrogens (tertiary/aromatic N) is 4. The Bertz CT molecular complexity index is 888. The third-order valence-corrected chi connectivity index (χ3v) is 4.90. The van der Waals surface area contributed by atoms with Crippen molar-refractivity contribution in [3.8, 4) is 0 Å². The minimum atomic E-state index is -0.613. The molecule has 148 valence electrons. The summed E-state index contributed by atoms with van der Waals surface area (Å²) in [5.74, 6) is -0.418. The molecule has 1 aromatic heterocycles. The molecule has 1 aromatic carbocycles. The summed E-state index contributed by atoms with van der Waals surface area (Å²) in [5, 5.41) is 8.42. The molecule has 1 aliphatic heterocycles. The largest absolute Gasteiger partial charge is 0.326 e.